The van der Waals surface area contributed by atoms with Gasteiger partial charge in [0.05, 0.1) is 5.56 Å². The molecule has 0 saturated heterocycles. The highest BCUT2D eigenvalue weighted by Crippen LogP contribution is 2.28. The average Bonchev–Trinajstić information content (AvgIpc) is 2.80. The van der Waals surface area contributed by atoms with Crippen molar-refractivity contribution in [3.63, 3.8) is 0 Å². The monoisotopic (exact) mass is 474 g/mol. The molecule has 0 unspecified atom stereocenters. The number of benzene rings is 2. The van der Waals surface area contributed by atoms with Gasteiger partial charge in [0.15, 0.2) is 29.5 Å². The Balaban J connectivity index is 2.07. The van der Waals surface area contributed by atoms with E-state index >= 15 is 0 Å². The maximum atomic E-state index is 14.2. The van der Waals surface area contributed by atoms with Crippen LogP contribution in [0.15, 0.2) is 53.7 Å². The van der Waals surface area contributed by atoms with E-state index in [1.165, 1.54) is 12.6 Å². The van der Waals surface area contributed by atoms with Crippen LogP contribution in [-0.2, 0) is 12.5 Å². The first-order valence-electron chi connectivity index (χ1n) is 10.4. The number of allylic oxidation sites excluding steroid dienone is 1. The van der Waals surface area contributed by atoms with Gasteiger partial charge in [-0.2, -0.15) is 4.57 Å². The maximum absolute atomic E-state index is 14.2. The van der Waals surface area contributed by atoms with Gasteiger partial charge in [-0.3, -0.25) is 4.99 Å². The SMILES string of the molecule is CN=C(C=C(N)c1c(F)c(F)c(F)c(F)c1F)c1cc(-c2ccc(C(C)(C)C)cc2)cc[n+]1C. The summed E-state index contributed by atoms with van der Waals surface area (Å²) in [6.07, 6.45) is 2.86. The van der Waals surface area contributed by atoms with E-state index in [4.69, 9.17) is 5.73 Å². The highest BCUT2D eigenvalue weighted by atomic mass is 19.2. The summed E-state index contributed by atoms with van der Waals surface area (Å²) < 4.78 is 70.8. The minimum Gasteiger partial charge on any atom is -0.398 e. The molecule has 2 aromatic carbocycles. The van der Waals surface area contributed by atoms with Crippen molar-refractivity contribution in [2.75, 3.05) is 7.05 Å². The topological polar surface area (TPSA) is 42.3 Å². The third-order valence-corrected chi connectivity index (χ3v) is 5.53. The summed E-state index contributed by atoms with van der Waals surface area (Å²) in [5, 5.41) is 0. The summed E-state index contributed by atoms with van der Waals surface area (Å²) in [7, 11) is 3.16. The zero-order chi connectivity index (χ0) is 25.4. The number of rotatable bonds is 4. The second-order valence-electron chi connectivity index (χ2n) is 8.89. The molecule has 3 rings (SSSR count). The van der Waals surface area contributed by atoms with Gasteiger partial charge >= 0.3 is 0 Å². The molecule has 0 bridgehead atoms. The molecule has 0 aliphatic rings. The zero-order valence-electron chi connectivity index (χ0n) is 19.5. The van der Waals surface area contributed by atoms with Crippen LogP contribution in [0.3, 0.4) is 0 Å². The molecule has 3 nitrogen and oxygen atoms in total. The lowest BCUT2D eigenvalue weighted by molar-refractivity contribution is -0.672. The molecule has 0 spiro atoms. The molecule has 1 aromatic heterocycles. The van der Waals surface area contributed by atoms with E-state index in [1.54, 1.807) is 23.9 Å². The highest BCUT2D eigenvalue weighted by molar-refractivity contribution is 6.10. The maximum Gasteiger partial charge on any atom is 0.231 e. The van der Waals surface area contributed by atoms with E-state index in [0.717, 1.165) is 17.2 Å². The third kappa shape index (κ3) is 4.71. The fraction of sp³-hybridized carbons (Fsp3) is 0.231. The molecule has 3 aromatic rings. The number of pyridine rings is 1. The van der Waals surface area contributed by atoms with Crippen molar-refractivity contribution in [3.05, 3.63) is 94.6 Å². The molecule has 0 saturated carbocycles. The van der Waals surface area contributed by atoms with Crippen LogP contribution in [0.5, 0.6) is 0 Å². The molecular formula is C26H25F5N3+. The summed E-state index contributed by atoms with van der Waals surface area (Å²) in [5.41, 5.74) is 7.61. The van der Waals surface area contributed by atoms with E-state index in [0.29, 0.717) is 5.69 Å². The molecule has 2 N–H and O–H groups in total. The highest BCUT2D eigenvalue weighted by Gasteiger charge is 2.27. The van der Waals surface area contributed by atoms with E-state index in [2.05, 4.69) is 25.8 Å². The molecule has 1 heterocycles. The Kier molecular flexibility index (Phi) is 6.91. The van der Waals surface area contributed by atoms with Crippen LogP contribution in [-0.4, -0.2) is 12.8 Å². The van der Waals surface area contributed by atoms with Gasteiger partial charge in [-0.25, -0.2) is 22.0 Å². The van der Waals surface area contributed by atoms with Crippen LogP contribution < -0.4 is 10.3 Å². The molecule has 0 amide bonds. The van der Waals surface area contributed by atoms with Gasteiger partial charge in [-0.05, 0) is 28.2 Å². The molecule has 0 aliphatic carbocycles. The summed E-state index contributed by atoms with van der Waals surface area (Å²) in [5.74, 6) is -10.4. The minimum absolute atomic E-state index is 0.00102. The number of halogens is 5. The first kappa shape index (κ1) is 25.1. The zero-order valence-corrected chi connectivity index (χ0v) is 19.5. The smallest absolute Gasteiger partial charge is 0.231 e. The number of aryl methyl sites for hydroxylation is 1. The lowest BCUT2D eigenvalue weighted by Crippen LogP contribution is -2.35. The summed E-state index contributed by atoms with van der Waals surface area (Å²) in [6, 6.07) is 11.7. The van der Waals surface area contributed by atoms with Crippen LogP contribution >= 0.6 is 0 Å². The normalized spacial score (nSPS) is 12.9. The minimum atomic E-state index is -2.24. The predicted octanol–water partition coefficient (Wildman–Crippen LogP) is 5.59. The van der Waals surface area contributed by atoms with Crippen LogP contribution in [0, 0.1) is 29.1 Å². The van der Waals surface area contributed by atoms with Crippen LogP contribution in [0.1, 0.15) is 37.6 Å². The van der Waals surface area contributed by atoms with Gasteiger partial charge in [0.2, 0.25) is 11.5 Å². The van der Waals surface area contributed by atoms with Gasteiger partial charge in [-0.1, -0.05) is 45.0 Å². The van der Waals surface area contributed by atoms with E-state index in [-0.39, 0.29) is 11.1 Å². The fourth-order valence-electron chi connectivity index (χ4n) is 3.50. The lowest BCUT2D eigenvalue weighted by atomic mass is 9.86. The Morgan fingerprint density at radius 2 is 1.38 bits per heavy atom. The van der Waals surface area contributed by atoms with Crippen molar-refractivity contribution in [1.82, 2.24) is 0 Å². The first-order valence-corrected chi connectivity index (χ1v) is 10.4. The van der Waals surface area contributed by atoms with Gasteiger partial charge in [0, 0.05) is 24.9 Å². The van der Waals surface area contributed by atoms with E-state index in [9.17, 15) is 22.0 Å². The van der Waals surface area contributed by atoms with Crippen molar-refractivity contribution in [2.45, 2.75) is 26.2 Å². The fourth-order valence-corrected chi connectivity index (χ4v) is 3.50. The summed E-state index contributed by atoms with van der Waals surface area (Å²) in [4.78, 5) is 4.12. The molecule has 34 heavy (non-hydrogen) atoms. The quantitative estimate of drug-likeness (QED) is 0.173. The lowest BCUT2D eigenvalue weighted by Gasteiger charge is -2.19. The Morgan fingerprint density at radius 1 is 0.853 bits per heavy atom. The standard InChI is InChI=1S/C26H25F5N3/c1-26(2,3)16-8-6-14(7-9-16)15-10-11-34(5)19(12-15)18(33-4)13-17(32)20-21(27)23(29)25(31)24(30)22(20)28/h6-13H,32H2,1-5H3/q+1. The number of hydrogen-bond donors (Lipinski definition) is 1. The number of nitrogens with zero attached hydrogens (tertiary/aromatic N) is 2. The molecule has 178 valence electrons. The second kappa shape index (κ2) is 9.37. The van der Waals surface area contributed by atoms with Crippen molar-refractivity contribution in [3.8, 4) is 11.1 Å². The van der Waals surface area contributed by atoms with E-state index < -0.39 is 40.3 Å². The van der Waals surface area contributed by atoms with Crippen molar-refractivity contribution < 1.29 is 26.5 Å². The van der Waals surface area contributed by atoms with Gasteiger partial charge < -0.3 is 5.73 Å². The molecular weight excluding hydrogens is 449 g/mol. The van der Waals surface area contributed by atoms with E-state index in [1.807, 2.05) is 30.3 Å². The number of nitrogens with two attached hydrogens (primary N) is 1. The van der Waals surface area contributed by atoms with Crippen molar-refractivity contribution in [2.24, 2.45) is 17.8 Å². The van der Waals surface area contributed by atoms with Gasteiger partial charge in [0.1, 0.15) is 12.8 Å². The van der Waals surface area contributed by atoms with Crippen molar-refractivity contribution in [1.29, 1.82) is 0 Å². The Labute approximate surface area is 195 Å². The van der Waals surface area contributed by atoms with Gasteiger partial charge in [-0.15, -0.1) is 0 Å². The Morgan fingerprint density at radius 3 is 1.88 bits per heavy atom. The molecule has 0 aliphatic heterocycles. The van der Waals surface area contributed by atoms with Crippen LogP contribution in [0.2, 0.25) is 0 Å². The first-order chi connectivity index (χ1) is 15.9. The third-order valence-electron chi connectivity index (χ3n) is 5.53. The number of aromatic nitrogens is 1. The van der Waals surface area contributed by atoms with Gasteiger partial charge in [0.25, 0.3) is 0 Å². The predicted molar refractivity (Wildman–Crippen MR) is 123 cm³/mol. The number of aliphatic imine (C=N–C) groups is 1. The summed E-state index contributed by atoms with van der Waals surface area (Å²) in [6.45, 7) is 6.36. The van der Waals surface area contributed by atoms with Crippen LogP contribution in [0.25, 0.3) is 16.8 Å². The van der Waals surface area contributed by atoms with Crippen molar-refractivity contribution >= 4 is 11.4 Å². The molecule has 8 heteroatoms. The molecule has 0 fully saturated rings. The summed E-state index contributed by atoms with van der Waals surface area (Å²) >= 11 is 0. The second-order valence-corrected chi connectivity index (χ2v) is 8.89. The average molecular weight is 474 g/mol. The Bertz CT molecular complexity index is 1270. The van der Waals surface area contributed by atoms with Crippen LogP contribution in [0.4, 0.5) is 22.0 Å². The molecule has 0 atom stereocenters. The Hall–Kier alpha value is -3.55. The number of hydrogen-bond acceptors (Lipinski definition) is 2. The largest absolute Gasteiger partial charge is 0.398 e. The molecule has 0 radical (unpaired) electrons.